The standard InChI is InChI=1S/C14H21NO4/c1-14(7-3-2-4-8-14)11(16)12(17)15-9-5-6-10(15)13(18)19/h10H,2-9H2,1H3,(H,18,19)/t10-/m0/s1. The molecule has 0 unspecified atom stereocenters. The molecule has 0 aromatic heterocycles. The summed E-state index contributed by atoms with van der Waals surface area (Å²) in [5.74, 6) is -1.98. The summed E-state index contributed by atoms with van der Waals surface area (Å²) in [4.78, 5) is 37.0. The van der Waals surface area contributed by atoms with Gasteiger partial charge in [0, 0.05) is 12.0 Å². The highest BCUT2D eigenvalue weighted by atomic mass is 16.4. The Morgan fingerprint density at radius 3 is 2.32 bits per heavy atom. The first-order valence-corrected chi connectivity index (χ1v) is 7.04. The smallest absolute Gasteiger partial charge is 0.326 e. The van der Waals surface area contributed by atoms with E-state index in [4.69, 9.17) is 5.11 Å². The Labute approximate surface area is 113 Å². The van der Waals surface area contributed by atoms with Gasteiger partial charge < -0.3 is 10.0 Å². The SMILES string of the molecule is CC1(C(=O)C(=O)N2CCC[C@H]2C(=O)O)CCCCC1. The minimum Gasteiger partial charge on any atom is -0.480 e. The second-order valence-corrected chi connectivity index (χ2v) is 5.95. The van der Waals surface area contributed by atoms with E-state index in [-0.39, 0.29) is 5.78 Å². The van der Waals surface area contributed by atoms with Crippen molar-refractivity contribution in [3.8, 4) is 0 Å². The van der Waals surface area contributed by atoms with E-state index in [1.165, 1.54) is 4.90 Å². The monoisotopic (exact) mass is 267 g/mol. The molecule has 0 bridgehead atoms. The topological polar surface area (TPSA) is 74.7 Å². The van der Waals surface area contributed by atoms with E-state index in [9.17, 15) is 14.4 Å². The normalized spacial score (nSPS) is 26.2. The summed E-state index contributed by atoms with van der Waals surface area (Å²) in [6.45, 7) is 2.23. The van der Waals surface area contributed by atoms with Crippen molar-refractivity contribution in [1.29, 1.82) is 0 Å². The van der Waals surface area contributed by atoms with Crippen LogP contribution in [-0.2, 0) is 14.4 Å². The summed E-state index contributed by atoms with van der Waals surface area (Å²) in [6, 6.07) is -0.816. The van der Waals surface area contributed by atoms with E-state index >= 15 is 0 Å². The van der Waals surface area contributed by atoms with Crippen molar-refractivity contribution in [3.63, 3.8) is 0 Å². The number of rotatable bonds is 3. The summed E-state index contributed by atoms with van der Waals surface area (Å²) in [7, 11) is 0. The van der Waals surface area contributed by atoms with Crippen LogP contribution in [0.3, 0.4) is 0 Å². The third-order valence-electron chi connectivity index (χ3n) is 4.50. The zero-order valence-corrected chi connectivity index (χ0v) is 11.4. The Kier molecular flexibility index (Phi) is 3.92. The average Bonchev–Trinajstić information content (AvgIpc) is 2.87. The molecule has 106 valence electrons. The minimum atomic E-state index is -1.01. The summed E-state index contributed by atoms with van der Waals surface area (Å²) in [5, 5.41) is 9.08. The molecule has 1 saturated carbocycles. The zero-order chi connectivity index (χ0) is 14.0. The van der Waals surface area contributed by atoms with Crippen molar-refractivity contribution >= 4 is 17.7 Å². The molecule has 1 atom stereocenters. The Morgan fingerprint density at radius 2 is 1.74 bits per heavy atom. The molecule has 0 aromatic carbocycles. The molecule has 1 amide bonds. The van der Waals surface area contributed by atoms with Crippen molar-refractivity contribution in [1.82, 2.24) is 4.90 Å². The molecule has 1 aliphatic heterocycles. The van der Waals surface area contributed by atoms with E-state index in [1.807, 2.05) is 6.92 Å². The lowest BCUT2D eigenvalue weighted by Crippen LogP contribution is -2.48. The van der Waals surface area contributed by atoms with Gasteiger partial charge >= 0.3 is 5.97 Å². The second kappa shape index (κ2) is 5.31. The van der Waals surface area contributed by atoms with Crippen molar-refractivity contribution in [2.45, 2.75) is 57.9 Å². The Morgan fingerprint density at radius 1 is 1.11 bits per heavy atom. The van der Waals surface area contributed by atoms with E-state index in [1.54, 1.807) is 0 Å². The van der Waals surface area contributed by atoms with Gasteiger partial charge in [-0.1, -0.05) is 26.2 Å². The number of likely N-dealkylation sites (tertiary alicyclic amines) is 1. The Hall–Kier alpha value is -1.39. The minimum absolute atomic E-state index is 0.387. The number of ketones is 1. The molecule has 5 heteroatoms. The second-order valence-electron chi connectivity index (χ2n) is 5.95. The molecule has 0 aromatic rings. The highest BCUT2D eigenvalue weighted by molar-refractivity contribution is 6.38. The summed E-state index contributed by atoms with van der Waals surface area (Å²) in [6.07, 6.45) is 5.64. The number of hydrogen-bond acceptors (Lipinski definition) is 3. The van der Waals surface area contributed by atoms with Crippen LogP contribution in [0.1, 0.15) is 51.9 Å². The number of carbonyl (C=O) groups is 3. The quantitative estimate of drug-likeness (QED) is 0.788. The molecule has 1 N–H and O–H groups in total. The van der Waals surface area contributed by atoms with Crippen LogP contribution >= 0.6 is 0 Å². The summed E-state index contributed by atoms with van der Waals surface area (Å²) in [5.41, 5.74) is -0.582. The number of carboxylic acid groups (broad SMARTS) is 1. The van der Waals surface area contributed by atoms with Gasteiger partial charge in [0.1, 0.15) is 6.04 Å². The molecule has 2 rings (SSSR count). The lowest BCUT2D eigenvalue weighted by atomic mass is 9.72. The maximum Gasteiger partial charge on any atom is 0.326 e. The van der Waals surface area contributed by atoms with E-state index in [0.29, 0.717) is 19.4 Å². The van der Waals surface area contributed by atoms with Crippen LogP contribution in [0.2, 0.25) is 0 Å². The third-order valence-corrected chi connectivity index (χ3v) is 4.50. The van der Waals surface area contributed by atoms with Gasteiger partial charge in [-0.3, -0.25) is 9.59 Å². The van der Waals surface area contributed by atoms with Gasteiger partial charge in [0.25, 0.3) is 5.91 Å². The van der Waals surface area contributed by atoms with Crippen LogP contribution in [0.25, 0.3) is 0 Å². The van der Waals surface area contributed by atoms with Gasteiger partial charge in [0.2, 0.25) is 5.78 Å². The lowest BCUT2D eigenvalue weighted by Gasteiger charge is -2.33. The van der Waals surface area contributed by atoms with Crippen LogP contribution in [0.4, 0.5) is 0 Å². The number of carboxylic acids is 1. The maximum atomic E-state index is 12.4. The first-order valence-electron chi connectivity index (χ1n) is 7.04. The largest absolute Gasteiger partial charge is 0.480 e. The fourth-order valence-electron chi connectivity index (χ4n) is 3.21. The van der Waals surface area contributed by atoms with Crippen LogP contribution in [0.5, 0.6) is 0 Å². The van der Waals surface area contributed by atoms with Gasteiger partial charge in [0.05, 0.1) is 0 Å². The average molecular weight is 267 g/mol. The lowest BCUT2D eigenvalue weighted by molar-refractivity contribution is -0.155. The number of carbonyl (C=O) groups excluding carboxylic acids is 2. The van der Waals surface area contributed by atoms with Crippen molar-refractivity contribution in [2.75, 3.05) is 6.54 Å². The highest BCUT2D eigenvalue weighted by Gasteiger charge is 2.44. The first kappa shape index (κ1) is 14.0. The number of hydrogen-bond donors (Lipinski definition) is 1. The number of amides is 1. The van der Waals surface area contributed by atoms with E-state index in [0.717, 1.165) is 32.1 Å². The molecule has 2 fully saturated rings. The van der Waals surface area contributed by atoms with Crippen LogP contribution in [0.15, 0.2) is 0 Å². The van der Waals surface area contributed by atoms with E-state index in [2.05, 4.69) is 0 Å². The van der Waals surface area contributed by atoms with Crippen molar-refractivity contribution < 1.29 is 19.5 Å². The van der Waals surface area contributed by atoms with Gasteiger partial charge in [-0.2, -0.15) is 0 Å². The summed E-state index contributed by atoms with van der Waals surface area (Å²) >= 11 is 0. The van der Waals surface area contributed by atoms with Crippen molar-refractivity contribution in [2.24, 2.45) is 5.41 Å². The Bertz CT molecular complexity index is 398. The molecular weight excluding hydrogens is 246 g/mol. The van der Waals surface area contributed by atoms with Crippen LogP contribution < -0.4 is 0 Å². The molecule has 5 nitrogen and oxygen atoms in total. The van der Waals surface area contributed by atoms with Crippen LogP contribution in [0, 0.1) is 5.41 Å². The van der Waals surface area contributed by atoms with Gasteiger partial charge in [-0.15, -0.1) is 0 Å². The third kappa shape index (κ3) is 2.65. The number of nitrogens with zero attached hydrogens (tertiary/aromatic N) is 1. The maximum absolute atomic E-state index is 12.4. The molecule has 1 saturated heterocycles. The van der Waals surface area contributed by atoms with Gasteiger partial charge in [0.15, 0.2) is 0 Å². The number of Topliss-reactive ketones (excluding diaryl/α,β-unsaturated/α-hetero) is 1. The van der Waals surface area contributed by atoms with Crippen LogP contribution in [-0.4, -0.2) is 40.3 Å². The molecule has 1 aliphatic carbocycles. The first-order chi connectivity index (χ1) is 8.96. The van der Waals surface area contributed by atoms with Gasteiger partial charge in [-0.25, -0.2) is 4.79 Å². The Balaban J connectivity index is 2.10. The highest BCUT2D eigenvalue weighted by Crippen LogP contribution is 2.37. The fourth-order valence-corrected chi connectivity index (χ4v) is 3.21. The number of aliphatic carboxylic acids is 1. The molecular formula is C14H21NO4. The van der Waals surface area contributed by atoms with Gasteiger partial charge in [-0.05, 0) is 25.7 Å². The zero-order valence-electron chi connectivity index (χ0n) is 11.4. The molecule has 1 heterocycles. The van der Waals surface area contributed by atoms with Crippen molar-refractivity contribution in [3.05, 3.63) is 0 Å². The molecule has 0 spiro atoms. The fraction of sp³-hybridized carbons (Fsp3) is 0.786. The molecule has 0 radical (unpaired) electrons. The molecule has 2 aliphatic rings. The molecule has 19 heavy (non-hydrogen) atoms. The van der Waals surface area contributed by atoms with E-state index < -0.39 is 23.3 Å². The predicted molar refractivity (Wildman–Crippen MR) is 68.6 cm³/mol. The predicted octanol–water partition coefficient (Wildman–Crippen LogP) is 1.60. The summed E-state index contributed by atoms with van der Waals surface area (Å²) < 4.78 is 0.